The van der Waals surface area contributed by atoms with E-state index in [1.165, 1.54) is 6.07 Å². The van der Waals surface area contributed by atoms with Gasteiger partial charge in [-0.15, -0.1) is 0 Å². The third-order valence-corrected chi connectivity index (χ3v) is 7.56. The summed E-state index contributed by atoms with van der Waals surface area (Å²) in [5.41, 5.74) is 1.09. The molecular weight excluding hydrogens is 555 g/mol. The summed E-state index contributed by atoms with van der Waals surface area (Å²) in [6.07, 6.45) is 2.46. The SMILES string of the molecule is COc1ccc(-c2nc(-c3ccncc3)nn2CCN(C(=O)Cc2cccc(C(F)(F)F)c2)C2CCCC2)cc1Cl. The number of ether oxygens (including phenoxy) is 1. The van der Waals surface area contributed by atoms with Crippen molar-refractivity contribution in [3.05, 3.63) is 83.1 Å². The molecule has 1 amide bonds. The second-order valence-electron chi connectivity index (χ2n) is 9.97. The largest absolute Gasteiger partial charge is 0.495 e. The van der Waals surface area contributed by atoms with Crippen LogP contribution in [-0.4, -0.2) is 50.3 Å². The molecule has 5 rings (SSSR count). The topological polar surface area (TPSA) is 73.1 Å². The first-order valence-electron chi connectivity index (χ1n) is 13.4. The molecule has 1 fully saturated rings. The van der Waals surface area contributed by atoms with Gasteiger partial charge in [-0.2, -0.15) is 18.3 Å². The van der Waals surface area contributed by atoms with Crippen LogP contribution in [0.3, 0.4) is 0 Å². The van der Waals surface area contributed by atoms with Gasteiger partial charge in [-0.25, -0.2) is 9.67 Å². The molecule has 41 heavy (non-hydrogen) atoms. The first-order chi connectivity index (χ1) is 19.7. The fourth-order valence-corrected chi connectivity index (χ4v) is 5.46. The number of methoxy groups -OCH3 is 1. The van der Waals surface area contributed by atoms with Crippen LogP contribution in [0.1, 0.15) is 36.8 Å². The van der Waals surface area contributed by atoms with Crippen molar-refractivity contribution < 1.29 is 22.7 Å². The van der Waals surface area contributed by atoms with E-state index in [2.05, 4.69) is 4.98 Å². The lowest BCUT2D eigenvalue weighted by Gasteiger charge is -2.29. The highest BCUT2D eigenvalue weighted by atomic mass is 35.5. The zero-order chi connectivity index (χ0) is 29.0. The minimum absolute atomic E-state index is 0.0235. The van der Waals surface area contributed by atoms with Crippen molar-refractivity contribution in [3.8, 4) is 28.5 Å². The molecule has 1 aliphatic rings. The van der Waals surface area contributed by atoms with E-state index in [1.807, 2.05) is 18.2 Å². The number of amides is 1. The van der Waals surface area contributed by atoms with Gasteiger partial charge in [0, 0.05) is 36.1 Å². The van der Waals surface area contributed by atoms with E-state index in [0.29, 0.717) is 41.1 Å². The highest BCUT2D eigenvalue weighted by molar-refractivity contribution is 6.32. The molecule has 214 valence electrons. The van der Waals surface area contributed by atoms with Gasteiger partial charge in [-0.1, -0.05) is 42.6 Å². The maximum Gasteiger partial charge on any atom is 0.416 e. The molecule has 0 aliphatic heterocycles. The smallest absolute Gasteiger partial charge is 0.416 e. The number of carbonyl (C=O) groups excluding carboxylic acids is 1. The monoisotopic (exact) mass is 583 g/mol. The van der Waals surface area contributed by atoms with E-state index in [4.69, 9.17) is 26.4 Å². The van der Waals surface area contributed by atoms with Crippen molar-refractivity contribution in [1.82, 2.24) is 24.6 Å². The molecule has 0 spiro atoms. The number of benzene rings is 2. The lowest BCUT2D eigenvalue weighted by atomic mass is 10.1. The first-order valence-corrected chi connectivity index (χ1v) is 13.8. The predicted octanol–water partition coefficient (Wildman–Crippen LogP) is 6.70. The van der Waals surface area contributed by atoms with Crippen LogP contribution >= 0.6 is 11.6 Å². The Bertz CT molecular complexity index is 1500. The van der Waals surface area contributed by atoms with Crippen molar-refractivity contribution in [3.63, 3.8) is 0 Å². The molecule has 4 aromatic rings. The summed E-state index contributed by atoms with van der Waals surface area (Å²) in [6, 6.07) is 14.0. The Morgan fingerprint density at radius 3 is 2.51 bits per heavy atom. The number of nitrogens with zero attached hydrogens (tertiary/aromatic N) is 5. The van der Waals surface area contributed by atoms with Gasteiger partial charge in [0.15, 0.2) is 11.6 Å². The van der Waals surface area contributed by atoms with Gasteiger partial charge in [0.25, 0.3) is 0 Å². The number of alkyl halides is 3. The maximum atomic E-state index is 13.5. The van der Waals surface area contributed by atoms with Crippen LogP contribution in [0.4, 0.5) is 13.2 Å². The quantitative estimate of drug-likeness (QED) is 0.219. The number of rotatable bonds is 9. The lowest BCUT2D eigenvalue weighted by molar-refractivity contribution is -0.138. The van der Waals surface area contributed by atoms with Crippen LogP contribution in [0.25, 0.3) is 22.8 Å². The van der Waals surface area contributed by atoms with Gasteiger partial charge >= 0.3 is 6.18 Å². The van der Waals surface area contributed by atoms with Crippen molar-refractivity contribution in [2.75, 3.05) is 13.7 Å². The molecule has 0 radical (unpaired) electrons. The molecule has 2 heterocycles. The molecule has 0 saturated heterocycles. The number of aromatic nitrogens is 4. The Labute approximate surface area is 240 Å². The summed E-state index contributed by atoms with van der Waals surface area (Å²) >= 11 is 6.41. The van der Waals surface area contributed by atoms with E-state index in [9.17, 15) is 18.0 Å². The van der Waals surface area contributed by atoms with Crippen molar-refractivity contribution in [2.45, 2.75) is 50.9 Å². The average Bonchev–Trinajstić information content (AvgIpc) is 3.64. The minimum Gasteiger partial charge on any atom is -0.495 e. The molecule has 2 aromatic carbocycles. The molecule has 0 bridgehead atoms. The van der Waals surface area contributed by atoms with E-state index in [1.54, 1.807) is 47.3 Å². The zero-order valence-corrected chi connectivity index (χ0v) is 23.2. The molecular formula is C30H29ClF3N5O2. The second-order valence-corrected chi connectivity index (χ2v) is 10.4. The molecule has 0 atom stereocenters. The van der Waals surface area contributed by atoms with Crippen LogP contribution < -0.4 is 4.74 Å². The summed E-state index contributed by atoms with van der Waals surface area (Å²) in [5, 5.41) is 5.17. The van der Waals surface area contributed by atoms with E-state index in [-0.39, 0.29) is 18.4 Å². The predicted molar refractivity (Wildman–Crippen MR) is 149 cm³/mol. The summed E-state index contributed by atoms with van der Waals surface area (Å²) in [6.45, 7) is 0.667. The highest BCUT2D eigenvalue weighted by Gasteiger charge is 2.31. The number of halogens is 4. The van der Waals surface area contributed by atoms with Crippen molar-refractivity contribution >= 4 is 17.5 Å². The molecule has 7 nitrogen and oxygen atoms in total. The molecule has 2 aromatic heterocycles. The van der Waals surface area contributed by atoms with E-state index >= 15 is 0 Å². The Morgan fingerprint density at radius 1 is 1.07 bits per heavy atom. The van der Waals surface area contributed by atoms with Gasteiger partial charge in [0.2, 0.25) is 5.91 Å². The Morgan fingerprint density at radius 2 is 1.83 bits per heavy atom. The Hall–Kier alpha value is -3.92. The zero-order valence-electron chi connectivity index (χ0n) is 22.4. The van der Waals surface area contributed by atoms with Crippen LogP contribution in [-0.2, 0) is 23.9 Å². The lowest BCUT2D eigenvalue weighted by Crippen LogP contribution is -2.42. The first kappa shape index (κ1) is 28.6. The summed E-state index contributed by atoms with van der Waals surface area (Å²) in [4.78, 5) is 24.2. The highest BCUT2D eigenvalue weighted by Crippen LogP contribution is 2.32. The average molecular weight is 584 g/mol. The van der Waals surface area contributed by atoms with Gasteiger partial charge in [-0.05, 0) is 54.8 Å². The van der Waals surface area contributed by atoms with Crippen molar-refractivity contribution in [1.29, 1.82) is 0 Å². The Kier molecular flexibility index (Phi) is 8.58. The summed E-state index contributed by atoms with van der Waals surface area (Å²) < 4.78 is 46.8. The maximum absolute atomic E-state index is 13.5. The number of carbonyl (C=O) groups is 1. The number of hydrogen-bond acceptors (Lipinski definition) is 5. The number of hydrogen-bond donors (Lipinski definition) is 0. The third-order valence-electron chi connectivity index (χ3n) is 7.27. The normalized spacial score (nSPS) is 13.9. The fraction of sp³-hybridized carbons (Fsp3) is 0.333. The molecule has 1 aliphatic carbocycles. The standard InChI is InChI=1S/C30H29ClF3N5O2/c1-41-26-10-9-22(19-25(26)31)29-36-28(21-11-13-35-14-12-21)37-39(29)16-15-38(24-7-2-3-8-24)27(40)18-20-5-4-6-23(17-20)30(32,33)34/h4-6,9-14,17,19,24H,2-3,7-8,15-16,18H2,1H3. The van der Waals surface area contributed by atoms with Crippen LogP contribution in [0, 0.1) is 0 Å². The minimum atomic E-state index is -4.47. The second kappa shape index (κ2) is 12.3. The van der Waals surface area contributed by atoms with Crippen LogP contribution in [0.15, 0.2) is 67.0 Å². The van der Waals surface area contributed by atoms with Crippen LogP contribution in [0.2, 0.25) is 5.02 Å². The molecule has 11 heteroatoms. The van der Waals surface area contributed by atoms with Crippen molar-refractivity contribution in [2.24, 2.45) is 0 Å². The molecule has 1 saturated carbocycles. The van der Waals surface area contributed by atoms with Gasteiger partial charge in [0.05, 0.1) is 30.7 Å². The number of pyridine rings is 1. The van der Waals surface area contributed by atoms with E-state index < -0.39 is 11.7 Å². The molecule has 0 unspecified atom stereocenters. The summed E-state index contributed by atoms with van der Waals surface area (Å²) in [5.74, 6) is 1.39. The van der Waals surface area contributed by atoms with Gasteiger partial charge in [0.1, 0.15) is 5.75 Å². The van der Waals surface area contributed by atoms with E-state index in [0.717, 1.165) is 48.9 Å². The molecule has 0 N–H and O–H groups in total. The van der Waals surface area contributed by atoms with Crippen LogP contribution in [0.5, 0.6) is 5.75 Å². The Balaban J connectivity index is 1.43. The van der Waals surface area contributed by atoms with Gasteiger partial charge < -0.3 is 9.64 Å². The van der Waals surface area contributed by atoms with Gasteiger partial charge in [-0.3, -0.25) is 9.78 Å². The summed E-state index contributed by atoms with van der Waals surface area (Å²) in [7, 11) is 1.54. The fourth-order valence-electron chi connectivity index (χ4n) is 5.20. The third kappa shape index (κ3) is 6.70.